The van der Waals surface area contributed by atoms with Crippen LogP contribution in [0.2, 0.25) is 0 Å². The number of rotatable bonds is 12. The number of guanidine groups is 1. The minimum atomic E-state index is 0. The molecule has 2 rings (SSSR count). The van der Waals surface area contributed by atoms with Crippen LogP contribution in [0.4, 0.5) is 0 Å². The predicted molar refractivity (Wildman–Crippen MR) is 138 cm³/mol. The summed E-state index contributed by atoms with van der Waals surface area (Å²) in [6.45, 7) is 12.1. The maximum atomic E-state index is 5.41. The number of hydrogen-bond acceptors (Lipinski definition) is 4. The molecule has 0 fully saturated rings. The molecule has 0 saturated heterocycles. The fraction of sp³-hybridized carbons (Fsp3) is 0.609. The van der Waals surface area contributed by atoms with Crippen LogP contribution < -0.4 is 10.6 Å². The zero-order valence-corrected chi connectivity index (χ0v) is 22.0. The Morgan fingerprint density at radius 1 is 1.10 bits per heavy atom. The van der Waals surface area contributed by atoms with E-state index in [9.17, 15) is 0 Å². The van der Waals surface area contributed by atoms with Gasteiger partial charge in [-0.2, -0.15) is 0 Å². The van der Waals surface area contributed by atoms with Gasteiger partial charge in [0.25, 0.3) is 0 Å². The third kappa shape index (κ3) is 9.99. The van der Waals surface area contributed by atoms with Gasteiger partial charge >= 0.3 is 0 Å². The van der Waals surface area contributed by atoms with Crippen LogP contribution in [0, 0.1) is 6.92 Å². The number of hydrogen-bond donors (Lipinski definition) is 2. The smallest absolute Gasteiger partial charge is 0.191 e. The third-order valence-electron chi connectivity index (χ3n) is 5.10. The Labute approximate surface area is 204 Å². The van der Waals surface area contributed by atoms with Crippen molar-refractivity contribution >= 4 is 29.9 Å². The lowest BCUT2D eigenvalue weighted by molar-refractivity contribution is 0.145. The molecular formula is C23H39IN6O. The highest BCUT2D eigenvalue weighted by Crippen LogP contribution is 2.15. The monoisotopic (exact) mass is 542 g/mol. The van der Waals surface area contributed by atoms with E-state index in [0.29, 0.717) is 12.5 Å². The second-order valence-electron chi connectivity index (χ2n) is 7.79. The molecule has 0 aliphatic heterocycles. The van der Waals surface area contributed by atoms with Gasteiger partial charge in [-0.15, -0.1) is 34.2 Å². The second kappa shape index (κ2) is 15.2. The number of aromatic nitrogens is 3. The number of benzene rings is 1. The van der Waals surface area contributed by atoms with Crippen LogP contribution in [0.15, 0.2) is 29.3 Å². The Morgan fingerprint density at radius 2 is 1.77 bits per heavy atom. The minimum Gasteiger partial charge on any atom is -0.382 e. The van der Waals surface area contributed by atoms with Crippen LogP contribution in [-0.2, 0) is 24.8 Å². The summed E-state index contributed by atoms with van der Waals surface area (Å²) in [4.78, 5) is 4.69. The second-order valence-corrected chi connectivity index (χ2v) is 7.79. The summed E-state index contributed by atoms with van der Waals surface area (Å²) in [7, 11) is 1.97. The first-order valence-corrected chi connectivity index (χ1v) is 11.0. The molecule has 31 heavy (non-hydrogen) atoms. The zero-order valence-electron chi connectivity index (χ0n) is 19.6. The van der Waals surface area contributed by atoms with E-state index in [2.05, 4.69) is 58.9 Å². The first-order valence-electron chi connectivity index (χ1n) is 11.0. The van der Waals surface area contributed by atoms with Crippen LogP contribution in [0.3, 0.4) is 0 Å². The average molecular weight is 543 g/mol. The largest absolute Gasteiger partial charge is 0.382 e. The van der Waals surface area contributed by atoms with Gasteiger partial charge in [-0.1, -0.05) is 38.1 Å². The summed E-state index contributed by atoms with van der Waals surface area (Å²) in [6, 6.07) is 8.96. The molecule has 0 atom stereocenters. The van der Waals surface area contributed by atoms with Crippen molar-refractivity contribution in [2.75, 3.05) is 26.3 Å². The lowest BCUT2D eigenvalue weighted by atomic mass is 10.0. The lowest BCUT2D eigenvalue weighted by Crippen LogP contribution is -2.39. The summed E-state index contributed by atoms with van der Waals surface area (Å²) >= 11 is 0. The molecule has 1 aromatic carbocycles. The normalized spacial score (nSPS) is 11.5. The number of halogens is 1. The van der Waals surface area contributed by atoms with Gasteiger partial charge in [0.2, 0.25) is 0 Å². The highest BCUT2D eigenvalue weighted by atomic mass is 127. The van der Waals surface area contributed by atoms with Gasteiger partial charge in [-0.05, 0) is 50.2 Å². The van der Waals surface area contributed by atoms with Crippen molar-refractivity contribution in [3.63, 3.8) is 0 Å². The molecule has 1 aromatic heterocycles. The van der Waals surface area contributed by atoms with E-state index in [1.807, 2.05) is 25.5 Å². The van der Waals surface area contributed by atoms with E-state index in [4.69, 9.17) is 9.73 Å². The molecule has 0 amide bonds. The molecule has 0 unspecified atom stereocenters. The minimum absolute atomic E-state index is 0. The molecule has 0 aliphatic rings. The predicted octanol–water partition coefficient (Wildman–Crippen LogP) is 3.96. The van der Waals surface area contributed by atoms with E-state index in [0.717, 1.165) is 63.2 Å². The molecule has 2 aromatic rings. The fourth-order valence-corrected chi connectivity index (χ4v) is 3.01. The van der Waals surface area contributed by atoms with E-state index in [1.54, 1.807) is 0 Å². The van der Waals surface area contributed by atoms with Gasteiger partial charge in [0.05, 0.1) is 0 Å². The molecule has 7 nitrogen and oxygen atoms in total. The summed E-state index contributed by atoms with van der Waals surface area (Å²) in [5.74, 6) is 3.13. The summed E-state index contributed by atoms with van der Waals surface area (Å²) in [5.41, 5.74) is 2.76. The Hall–Kier alpha value is -1.68. The van der Waals surface area contributed by atoms with Crippen molar-refractivity contribution in [2.24, 2.45) is 12.0 Å². The van der Waals surface area contributed by atoms with Gasteiger partial charge in [-0.25, -0.2) is 4.99 Å². The number of ether oxygens (including phenoxy) is 1. The van der Waals surface area contributed by atoms with Crippen LogP contribution in [0.5, 0.6) is 0 Å². The molecule has 0 spiro atoms. The molecule has 0 radical (unpaired) electrons. The molecule has 0 aliphatic carbocycles. The Morgan fingerprint density at radius 3 is 2.35 bits per heavy atom. The van der Waals surface area contributed by atoms with Gasteiger partial charge in [0.1, 0.15) is 12.4 Å². The lowest BCUT2D eigenvalue weighted by Gasteiger charge is -2.13. The van der Waals surface area contributed by atoms with E-state index < -0.39 is 0 Å². The van der Waals surface area contributed by atoms with Gasteiger partial charge < -0.3 is 19.9 Å². The standard InChI is InChI=1S/C23H38N6O.HI/c1-6-30-16-8-15-25-23(26-17-22-28-27-19(4)29(22)5)24-14-7-9-20-10-12-21(13-11-20)18(2)3;/h10-13,18H,6-9,14-17H2,1-5H3,(H2,24,25,26);1H. The van der Waals surface area contributed by atoms with Crippen molar-refractivity contribution in [1.29, 1.82) is 0 Å². The summed E-state index contributed by atoms with van der Waals surface area (Å²) in [6.07, 6.45) is 3.04. The quantitative estimate of drug-likeness (QED) is 0.184. The van der Waals surface area contributed by atoms with Gasteiger partial charge in [0.15, 0.2) is 11.8 Å². The Bertz CT molecular complexity index is 773. The fourth-order valence-electron chi connectivity index (χ4n) is 3.01. The highest BCUT2D eigenvalue weighted by molar-refractivity contribution is 14.0. The van der Waals surface area contributed by atoms with E-state index >= 15 is 0 Å². The number of nitrogens with zero attached hydrogens (tertiary/aromatic N) is 4. The molecule has 0 bridgehead atoms. The maximum absolute atomic E-state index is 5.41. The van der Waals surface area contributed by atoms with Crippen molar-refractivity contribution in [3.8, 4) is 0 Å². The SMILES string of the molecule is CCOCCCNC(=NCc1nnc(C)n1C)NCCCc1ccc(C(C)C)cc1.I. The molecule has 174 valence electrons. The topological polar surface area (TPSA) is 76.4 Å². The zero-order chi connectivity index (χ0) is 21.8. The third-order valence-corrected chi connectivity index (χ3v) is 5.10. The number of nitrogens with one attached hydrogen (secondary N) is 2. The van der Waals surface area contributed by atoms with Crippen LogP contribution in [-0.4, -0.2) is 47.0 Å². The molecular weight excluding hydrogens is 503 g/mol. The van der Waals surface area contributed by atoms with Crippen molar-refractivity contribution in [1.82, 2.24) is 25.4 Å². The van der Waals surface area contributed by atoms with Crippen molar-refractivity contribution < 1.29 is 4.74 Å². The van der Waals surface area contributed by atoms with Crippen LogP contribution >= 0.6 is 24.0 Å². The van der Waals surface area contributed by atoms with E-state index in [1.165, 1.54) is 11.1 Å². The van der Waals surface area contributed by atoms with Gasteiger partial charge in [-0.3, -0.25) is 0 Å². The summed E-state index contributed by atoms with van der Waals surface area (Å²) < 4.78 is 7.38. The Kier molecular flexibility index (Phi) is 13.4. The van der Waals surface area contributed by atoms with Crippen molar-refractivity contribution in [2.45, 2.75) is 59.4 Å². The molecule has 2 N–H and O–H groups in total. The first-order chi connectivity index (χ1) is 14.5. The Balaban J connectivity index is 0.00000480. The number of aliphatic imine (C=N–C) groups is 1. The number of aryl methyl sites for hydroxylation is 2. The average Bonchev–Trinajstić information content (AvgIpc) is 3.06. The highest BCUT2D eigenvalue weighted by Gasteiger charge is 2.05. The first kappa shape index (κ1) is 27.4. The van der Waals surface area contributed by atoms with Gasteiger partial charge in [0, 0.05) is 33.4 Å². The molecule has 1 heterocycles. The van der Waals surface area contributed by atoms with Crippen LogP contribution in [0.1, 0.15) is 62.3 Å². The molecule has 8 heteroatoms. The van der Waals surface area contributed by atoms with Crippen molar-refractivity contribution in [3.05, 3.63) is 47.0 Å². The van der Waals surface area contributed by atoms with E-state index in [-0.39, 0.29) is 24.0 Å². The summed E-state index contributed by atoms with van der Waals surface area (Å²) in [5, 5.41) is 15.1. The molecule has 0 saturated carbocycles. The van der Waals surface area contributed by atoms with Crippen LogP contribution in [0.25, 0.3) is 0 Å². The maximum Gasteiger partial charge on any atom is 0.191 e.